The number of carbonyl (C=O) groups is 1. The first kappa shape index (κ1) is 15.9. The van der Waals surface area contributed by atoms with Gasteiger partial charge in [0.05, 0.1) is 12.1 Å². The Kier molecular flexibility index (Phi) is 4.88. The summed E-state index contributed by atoms with van der Waals surface area (Å²) in [5, 5.41) is 6.11. The quantitative estimate of drug-likeness (QED) is 0.889. The van der Waals surface area contributed by atoms with Crippen LogP contribution in [0.25, 0.3) is 0 Å². The van der Waals surface area contributed by atoms with Crippen molar-refractivity contribution in [1.82, 2.24) is 20.2 Å². The SMILES string of the molecule is Cc1ccn(C2CCNCC2)c(=O)c1C(=O)NCc1cncs1. The number of aromatic nitrogens is 2. The summed E-state index contributed by atoms with van der Waals surface area (Å²) in [5.41, 5.74) is 2.48. The van der Waals surface area contributed by atoms with Crippen LogP contribution in [-0.4, -0.2) is 28.5 Å². The Bertz CT molecular complexity index is 733. The van der Waals surface area contributed by atoms with Crippen molar-refractivity contribution in [1.29, 1.82) is 0 Å². The van der Waals surface area contributed by atoms with E-state index in [1.54, 1.807) is 23.2 Å². The summed E-state index contributed by atoms with van der Waals surface area (Å²) < 4.78 is 1.72. The molecule has 122 valence electrons. The second kappa shape index (κ2) is 7.06. The van der Waals surface area contributed by atoms with Crippen molar-refractivity contribution >= 4 is 17.2 Å². The summed E-state index contributed by atoms with van der Waals surface area (Å²) in [6, 6.07) is 2.02. The summed E-state index contributed by atoms with van der Waals surface area (Å²) in [4.78, 5) is 30.2. The molecule has 7 heteroatoms. The fourth-order valence-corrected chi connectivity index (χ4v) is 3.41. The highest BCUT2D eigenvalue weighted by atomic mass is 32.1. The number of aryl methyl sites for hydroxylation is 1. The molecular formula is C16H20N4O2S. The highest BCUT2D eigenvalue weighted by Gasteiger charge is 2.21. The lowest BCUT2D eigenvalue weighted by Crippen LogP contribution is -2.38. The van der Waals surface area contributed by atoms with Crippen molar-refractivity contribution in [2.75, 3.05) is 13.1 Å². The van der Waals surface area contributed by atoms with Gasteiger partial charge in [-0.1, -0.05) is 0 Å². The molecule has 3 rings (SSSR count). The Morgan fingerprint density at radius 2 is 2.26 bits per heavy atom. The fraction of sp³-hybridized carbons (Fsp3) is 0.438. The zero-order valence-electron chi connectivity index (χ0n) is 13.0. The van der Waals surface area contributed by atoms with Crippen molar-refractivity contribution in [3.05, 3.63) is 50.3 Å². The number of carbonyl (C=O) groups excluding carboxylic acids is 1. The first-order valence-electron chi connectivity index (χ1n) is 7.75. The molecule has 6 nitrogen and oxygen atoms in total. The predicted molar refractivity (Wildman–Crippen MR) is 89.9 cm³/mol. The molecule has 2 N–H and O–H groups in total. The maximum absolute atomic E-state index is 12.8. The average Bonchev–Trinajstić information content (AvgIpc) is 3.07. The van der Waals surface area contributed by atoms with Gasteiger partial charge in [-0.05, 0) is 44.5 Å². The van der Waals surface area contributed by atoms with Crippen LogP contribution in [-0.2, 0) is 6.54 Å². The Morgan fingerprint density at radius 3 is 2.96 bits per heavy atom. The van der Waals surface area contributed by atoms with Crippen molar-refractivity contribution < 1.29 is 4.79 Å². The smallest absolute Gasteiger partial charge is 0.263 e. The minimum Gasteiger partial charge on any atom is -0.347 e. The largest absolute Gasteiger partial charge is 0.347 e. The number of piperidine rings is 1. The molecule has 0 aromatic carbocycles. The van der Waals surface area contributed by atoms with Gasteiger partial charge in [-0.15, -0.1) is 11.3 Å². The molecular weight excluding hydrogens is 312 g/mol. The van der Waals surface area contributed by atoms with Gasteiger partial charge in [0, 0.05) is 23.3 Å². The van der Waals surface area contributed by atoms with Crippen LogP contribution < -0.4 is 16.2 Å². The minimum atomic E-state index is -0.316. The van der Waals surface area contributed by atoms with Crippen molar-refractivity contribution in [3.8, 4) is 0 Å². The molecule has 1 amide bonds. The lowest BCUT2D eigenvalue weighted by molar-refractivity contribution is 0.0948. The van der Waals surface area contributed by atoms with Gasteiger partial charge in [0.25, 0.3) is 11.5 Å². The Labute approximate surface area is 138 Å². The van der Waals surface area contributed by atoms with E-state index in [1.165, 1.54) is 11.3 Å². The highest BCUT2D eigenvalue weighted by molar-refractivity contribution is 7.09. The molecule has 0 unspecified atom stereocenters. The summed E-state index contributed by atoms with van der Waals surface area (Å²) in [7, 11) is 0. The zero-order chi connectivity index (χ0) is 16.2. The van der Waals surface area contributed by atoms with Crippen LogP contribution in [0.1, 0.15) is 39.7 Å². The number of amides is 1. The number of thiazole rings is 1. The molecule has 0 saturated carbocycles. The lowest BCUT2D eigenvalue weighted by Gasteiger charge is -2.25. The van der Waals surface area contributed by atoms with Gasteiger partial charge in [0.1, 0.15) is 5.56 Å². The average molecular weight is 332 g/mol. The van der Waals surface area contributed by atoms with E-state index in [9.17, 15) is 9.59 Å². The molecule has 1 aliphatic rings. The standard InChI is InChI=1S/C16H20N4O2S/c1-11-4-7-20(12-2-5-17-6-3-12)16(22)14(11)15(21)19-9-13-8-18-10-23-13/h4,7-8,10,12,17H,2-3,5-6,9H2,1H3,(H,19,21). The third-order valence-electron chi connectivity index (χ3n) is 4.16. The molecule has 2 aromatic heterocycles. The van der Waals surface area contributed by atoms with Crippen LogP contribution in [0.4, 0.5) is 0 Å². The van der Waals surface area contributed by atoms with Gasteiger partial charge < -0.3 is 15.2 Å². The molecule has 2 aromatic rings. The van der Waals surface area contributed by atoms with Crippen LogP contribution in [0.3, 0.4) is 0 Å². The van der Waals surface area contributed by atoms with Crippen LogP contribution in [0.2, 0.25) is 0 Å². The summed E-state index contributed by atoms with van der Waals surface area (Å²) in [5.74, 6) is -0.316. The van der Waals surface area contributed by atoms with E-state index in [4.69, 9.17) is 0 Å². The van der Waals surface area contributed by atoms with Gasteiger partial charge in [0.2, 0.25) is 0 Å². The van der Waals surface area contributed by atoms with E-state index in [1.807, 2.05) is 12.3 Å². The Hall–Kier alpha value is -1.99. The van der Waals surface area contributed by atoms with E-state index in [0.717, 1.165) is 30.8 Å². The van der Waals surface area contributed by atoms with Crippen molar-refractivity contribution in [3.63, 3.8) is 0 Å². The number of pyridine rings is 1. The van der Waals surface area contributed by atoms with Gasteiger partial charge >= 0.3 is 0 Å². The monoisotopic (exact) mass is 332 g/mol. The topological polar surface area (TPSA) is 76.0 Å². The number of nitrogens with one attached hydrogen (secondary N) is 2. The van der Waals surface area contributed by atoms with E-state index in [-0.39, 0.29) is 23.1 Å². The van der Waals surface area contributed by atoms with Gasteiger partial charge in [-0.3, -0.25) is 14.6 Å². The molecule has 1 aliphatic heterocycles. The Balaban J connectivity index is 1.82. The van der Waals surface area contributed by atoms with Crippen LogP contribution in [0, 0.1) is 6.92 Å². The van der Waals surface area contributed by atoms with E-state index in [2.05, 4.69) is 15.6 Å². The zero-order valence-corrected chi connectivity index (χ0v) is 13.9. The molecule has 23 heavy (non-hydrogen) atoms. The van der Waals surface area contributed by atoms with Gasteiger partial charge in [-0.2, -0.15) is 0 Å². The third-order valence-corrected chi connectivity index (χ3v) is 4.94. The first-order valence-corrected chi connectivity index (χ1v) is 8.63. The molecule has 0 radical (unpaired) electrons. The van der Waals surface area contributed by atoms with Crippen molar-refractivity contribution in [2.45, 2.75) is 32.4 Å². The maximum atomic E-state index is 12.8. The second-order valence-electron chi connectivity index (χ2n) is 5.72. The highest BCUT2D eigenvalue weighted by Crippen LogP contribution is 2.17. The normalized spacial score (nSPS) is 15.5. The fourth-order valence-electron chi connectivity index (χ4n) is 2.87. The van der Waals surface area contributed by atoms with Crippen LogP contribution >= 0.6 is 11.3 Å². The number of rotatable bonds is 4. The number of hydrogen-bond donors (Lipinski definition) is 2. The molecule has 0 bridgehead atoms. The summed E-state index contributed by atoms with van der Waals surface area (Å²) in [6.07, 6.45) is 5.35. The van der Waals surface area contributed by atoms with Gasteiger partial charge in [-0.25, -0.2) is 0 Å². The van der Waals surface area contributed by atoms with E-state index >= 15 is 0 Å². The minimum absolute atomic E-state index is 0.164. The second-order valence-corrected chi connectivity index (χ2v) is 6.69. The van der Waals surface area contributed by atoms with Crippen LogP contribution in [0.15, 0.2) is 28.8 Å². The van der Waals surface area contributed by atoms with E-state index < -0.39 is 0 Å². The Morgan fingerprint density at radius 1 is 1.48 bits per heavy atom. The number of hydrogen-bond acceptors (Lipinski definition) is 5. The maximum Gasteiger partial charge on any atom is 0.263 e. The summed E-state index contributed by atoms with van der Waals surface area (Å²) in [6.45, 7) is 4.00. The predicted octanol–water partition coefficient (Wildman–Crippen LogP) is 1.47. The van der Waals surface area contributed by atoms with Crippen molar-refractivity contribution in [2.24, 2.45) is 0 Å². The molecule has 1 saturated heterocycles. The number of nitrogens with zero attached hydrogens (tertiary/aromatic N) is 2. The third kappa shape index (κ3) is 3.51. The van der Waals surface area contributed by atoms with Crippen LogP contribution in [0.5, 0.6) is 0 Å². The molecule has 1 fully saturated rings. The molecule has 0 atom stereocenters. The van der Waals surface area contributed by atoms with E-state index in [0.29, 0.717) is 12.1 Å². The molecule has 0 aliphatic carbocycles. The lowest BCUT2D eigenvalue weighted by atomic mass is 10.0. The van der Waals surface area contributed by atoms with Gasteiger partial charge in [0.15, 0.2) is 0 Å². The molecule has 3 heterocycles. The molecule has 0 spiro atoms. The first-order chi connectivity index (χ1) is 11.2. The summed E-state index contributed by atoms with van der Waals surface area (Å²) >= 11 is 1.48.